The largest absolute Gasteiger partial charge is 0.454 e. The first kappa shape index (κ1) is 25.5. The molecule has 0 atom stereocenters. The molecule has 0 bridgehead atoms. The Bertz CT molecular complexity index is 1510. The highest BCUT2D eigenvalue weighted by Crippen LogP contribution is 2.34. The van der Waals surface area contributed by atoms with Crippen molar-refractivity contribution in [3.05, 3.63) is 107 Å². The Hall–Kier alpha value is -5.17. The summed E-state index contributed by atoms with van der Waals surface area (Å²) in [5.41, 5.74) is 11.5. The summed E-state index contributed by atoms with van der Waals surface area (Å²) in [5.74, 6) is 3.10. The number of amides is 1. The minimum absolute atomic E-state index is 0.0707. The van der Waals surface area contributed by atoms with Crippen molar-refractivity contribution in [2.75, 3.05) is 24.6 Å². The zero-order valence-electron chi connectivity index (χ0n) is 21.4. The maximum absolute atomic E-state index is 11.0. The van der Waals surface area contributed by atoms with Crippen LogP contribution in [-0.2, 0) is 4.79 Å². The molecule has 3 N–H and O–H groups in total. The van der Waals surface area contributed by atoms with E-state index in [0.717, 1.165) is 56.6 Å². The summed E-state index contributed by atoms with van der Waals surface area (Å²) < 4.78 is 21.2. The van der Waals surface area contributed by atoms with Crippen LogP contribution in [-0.4, -0.2) is 19.5 Å². The van der Waals surface area contributed by atoms with Crippen molar-refractivity contribution < 1.29 is 23.7 Å². The van der Waals surface area contributed by atoms with Crippen LogP contribution in [0.2, 0.25) is 0 Å². The Morgan fingerprint density at radius 2 is 1.03 bits per heavy atom. The van der Waals surface area contributed by atoms with Crippen LogP contribution in [0.25, 0.3) is 24.3 Å². The van der Waals surface area contributed by atoms with Crippen LogP contribution >= 0.6 is 0 Å². The SMILES string of the molecule is CC(=O)Nc1ccc(/C=C/c2ccc3c(c2)OCO3)cc1.Nc1ccc(/C=C/c2ccc3c(c2)OCO3)cc1. The highest BCUT2D eigenvalue weighted by atomic mass is 16.7. The van der Waals surface area contributed by atoms with E-state index in [0.29, 0.717) is 6.79 Å². The number of rotatable bonds is 5. The zero-order chi connectivity index (χ0) is 27.0. The van der Waals surface area contributed by atoms with Crippen molar-refractivity contribution in [3.8, 4) is 23.0 Å². The minimum Gasteiger partial charge on any atom is -0.454 e. The van der Waals surface area contributed by atoms with Crippen molar-refractivity contribution >= 4 is 41.6 Å². The number of ether oxygens (including phenoxy) is 4. The quantitative estimate of drug-likeness (QED) is 0.224. The molecule has 4 aromatic carbocycles. The molecule has 0 radical (unpaired) electrons. The fourth-order valence-corrected chi connectivity index (χ4v) is 3.91. The van der Waals surface area contributed by atoms with Crippen LogP contribution in [0.15, 0.2) is 84.9 Å². The average molecular weight is 521 g/mol. The second-order valence-electron chi connectivity index (χ2n) is 8.86. The molecule has 39 heavy (non-hydrogen) atoms. The predicted molar refractivity (Wildman–Crippen MR) is 155 cm³/mol. The fraction of sp³-hybridized carbons (Fsp3) is 0.0938. The number of carbonyl (C=O) groups excluding carboxylic acids is 1. The summed E-state index contributed by atoms with van der Waals surface area (Å²) in [4.78, 5) is 11.0. The van der Waals surface area contributed by atoms with Crippen LogP contribution in [0, 0.1) is 0 Å². The molecule has 7 heteroatoms. The highest BCUT2D eigenvalue weighted by molar-refractivity contribution is 5.88. The molecule has 4 aromatic rings. The Balaban J connectivity index is 0.000000160. The number of nitrogens with two attached hydrogens (primary N) is 1. The maximum Gasteiger partial charge on any atom is 0.231 e. The summed E-state index contributed by atoms with van der Waals surface area (Å²) in [5, 5.41) is 2.74. The third-order valence-corrected chi connectivity index (χ3v) is 5.90. The van der Waals surface area contributed by atoms with Crippen LogP contribution in [0.5, 0.6) is 23.0 Å². The zero-order valence-corrected chi connectivity index (χ0v) is 21.4. The lowest BCUT2D eigenvalue weighted by Crippen LogP contribution is -2.05. The topological polar surface area (TPSA) is 92.0 Å². The van der Waals surface area contributed by atoms with Gasteiger partial charge < -0.3 is 30.0 Å². The normalized spacial score (nSPS) is 12.8. The number of anilines is 2. The average Bonchev–Trinajstić information content (AvgIpc) is 3.61. The molecular formula is C32H28N2O5. The van der Waals surface area contributed by atoms with E-state index in [1.807, 2.05) is 109 Å². The number of benzene rings is 4. The van der Waals surface area contributed by atoms with E-state index in [-0.39, 0.29) is 12.7 Å². The highest BCUT2D eigenvalue weighted by Gasteiger charge is 2.13. The Kier molecular flexibility index (Phi) is 7.79. The minimum atomic E-state index is -0.0707. The first-order valence-electron chi connectivity index (χ1n) is 12.4. The lowest BCUT2D eigenvalue weighted by atomic mass is 10.1. The first-order chi connectivity index (χ1) is 19.0. The number of carbonyl (C=O) groups is 1. The summed E-state index contributed by atoms with van der Waals surface area (Å²) in [6, 6.07) is 27.1. The van der Waals surface area contributed by atoms with Crippen LogP contribution in [0.3, 0.4) is 0 Å². The molecular weight excluding hydrogens is 492 g/mol. The molecule has 0 unspecified atom stereocenters. The molecule has 0 saturated heterocycles. The van der Waals surface area contributed by atoms with Gasteiger partial charge in [-0.05, 0) is 70.8 Å². The van der Waals surface area contributed by atoms with Crippen molar-refractivity contribution in [2.24, 2.45) is 0 Å². The number of nitrogens with one attached hydrogen (secondary N) is 1. The molecule has 6 rings (SSSR count). The van der Waals surface area contributed by atoms with Gasteiger partial charge in [0.1, 0.15) is 0 Å². The van der Waals surface area contributed by atoms with Gasteiger partial charge in [-0.2, -0.15) is 0 Å². The van der Waals surface area contributed by atoms with E-state index >= 15 is 0 Å². The van der Waals surface area contributed by atoms with Gasteiger partial charge in [0.25, 0.3) is 0 Å². The first-order valence-corrected chi connectivity index (χ1v) is 12.4. The van der Waals surface area contributed by atoms with E-state index in [2.05, 4.69) is 5.32 Å². The smallest absolute Gasteiger partial charge is 0.231 e. The predicted octanol–water partition coefficient (Wildman–Crippen LogP) is 6.71. The molecule has 0 saturated carbocycles. The third kappa shape index (κ3) is 6.99. The van der Waals surface area contributed by atoms with Gasteiger partial charge in [0.2, 0.25) is 19.5 Å². The van der Waals surface area contributed by atoms with Gasteiger partial charge in [-0.3, -0.25) is 4.79 Å². The van der Waals surface area contributed by atoms with Crippen LogP contribution in [0.1, 0.15) is 29.2 Å². The van der Waals surface area contributed by atoms with Gasteiger partial charge in [0.15, 0.2) is 23.0 Å². The molecule has 196 valence electrons. The molecule has 1 amide bonds. The van der Waals surface area contributed by atoms with Gasteiger partial charge >= 0.3 is 0 Å². The molecule has 0 spiro atoms. The fourth-order valence-electron chi connectivity index (χ4n) is 3.91. The lowest BCUT2D eigenvalue weighted by Gasteiger charge is -2.02. The second-order valence-corrected chi connectivity index (χ2v) is 8.86. The molecule has 7 nitrogen and oxygen atoms in total. The number of hydrogen-bond acceptors (Lipinski definition) is 6. The van der Waals surface area contributed by atoms with Crippen molar-refractivity contribution in [1.29, 1.82) is 0 Å². The van der Waals surface area contributed by atoms with E-state index in [1.54, 1.807) is 0 Å². The van der Waals surface area contributed by atoms with Crippen LogP contribution in [0.4, 0.5) is 11.4 Å². The number of hydrogen-bond donors (Lipinski definition) is 2. The Morgan fingerprint density at radius 1 is 0.615 bits per heavy atom. The van der Waals surface area contributed by atoms with Crippen LogP contribution < -0.4 is 30.0 Å². The summed E-state index contributed by atoms with van der Waals surface area (Å²) in [7, 11) is 0. The van der Waals surface area contributed by atoms with Crippen molar-refractivity contribution in [1.82, 2.24) is 0 Å². The number of nitrogen functional groups attached to an aromatic ring is 1. The van der Waals surface area contributed by atoms with E-state index in [1.165, 1.54) is 6.92 Å². The standard InChI is InChI=1S/C17H15NO3.C15H13NO2/c1-12(19)18-15-7-4-13(5-8-15)2-3-14-6-9-16-17(10-14)21-11-20-16;16-13-6-3-11(4-7-13)1-2-12-5-8-14-15(9-12)18-10-17-14/h2-10H,11H2,1H3,(H,18,19);1-9H,10,16H2/b3-2+;2-1+. The second kappa shape index (κ2) is 11.9. The van der Waals surface area contributed by atoms with Gasteiger partial charge in [-0.15, -0.1) is 0 Å². The van der Waals surface area contributed by atoms with Gasteiger partial charge in [-0.25, -0.2) is 0 Å². The summed E-state index contributed by atoms with van der Waals surface area (Å²) in [6.45, 7) is 2.08. The monoisotopic (exact) mass is 520 g/mol. The van der Waals surface area contributed by atoms with Crippen molar-refractivity contribution in [3.63, 3.8) is 0 Å². The van der Waals surface area contributed by atoms with Crippen molar-refractivity contribution in [2.45, 2.75) is 6.92 Å². The molecule has 2 heterocycles. The third-order valence-electron chi connectivity index (χ3n) is 5.90. The summed E-state index contributed by atoms with van der Waals surface area (Å²) >= 11 is 0. The number of fused-ring (bicyclic) bond motifs is 2. The van der Waals surface area contributed by atoms with E-state index < -0.39 is 0 Å². The Morgan fingerprint density at radius 3 is 1.51 bits per heavy atom. The molecule has 0 aromatic heterocycles. The maximum atomic E-state index is 11.0. The molecule has 0 aliphatic carbocycles. The van der Waals surface area contributed by atoms with E-state index in [9.17, 15) is 4.79 Å². The van der Waals surface area contributed by atoms with E-state index in [4.69, 9.17) is 24.7 Å². The van der Waals surface area contributed by atoms with Gasteiger partial charge in [0.05, 0.1) is 0 Å². The Labute approximate surface area is 227 Å². The summed E-state index contributed by atoms with van der Waals surface area (Å²) in [6.07, 6.45) is 8.09. The van der Waals surface area contributed by atoms with Gasteiger partial charge in [-0.1, -0.05) is 60.7 Å². The molecule has 2 aliphatic heterocycles. The lowest BCUT2D eigenvalue weighted by molar-refractivity contribution is -0.114. The van der Waals surface area contributed by atoms with Gasteiger partial charge in [0, 0.05) is 18.3 Å². The molecule has 2 aliphatic rings. The molecule has 0 fully saturated rings.